The van der Waals surface area contributed by atoms with Crippen LogP contribution < -0.4 is 5.32 Å². The average Bonchev–Trinajstić information content (AvgIpc) is 2.63. The molecule has 1 aliphatic carbocycles. The molecule has 0 heterocycles. The molecule has 1 atom stereocenters. The number of nitrogens with one attached hydrogen (secondary N) is 1. The molecule has 2 aromatic rings. The Kier molecular flexibility index (Phi) is 6.06. The summed E-state index contributed by atoms with van der Waals surface area (Å²) in [5, 5.41) is 3.75. The summed E-state index contributed by atoms with van der Waals surface area (Å²) in [7, 11) is 4.44. The minimum absolute atomic E-state index is 0.543. The molecule has 0 radical (unpaired) electrons. The Morgan fingerprint density at radius 1 is 0.875 bits per heavy atom. The van der Waals surface area contributed by atoms with E-state index in [1.807, 2.05) is 0 Å². The van der Waals surface area contributed by atoms with Crippen molar-refractivity contribution in [3.8, 4) is 0 Å². The van der Waals surface area contributed by atoms with E-state index >= 15 is 0 Å². The summed E-state index contributed by atoms with van der Waals surface area (Å²) < 4.78 is 0. The fraction of sp³-hybridized carbons (Fsp3) is 0.455. The highest BCUT2D eigenvalue weighted by Gasteiger charge is 2.29. The molecule has 0 saturated heterocycles. The van der Waals surface area contributed by atoms with Crippen molar-refractivity contribution < 1.29 is 0 Å². The highest BCUT2D eigenvalue weighted by molar-refractivity contribution is 5.20. The molecule has 2 aromatic carbocycles. The van der Waals surface area contributed by atoms with E-state index in [0.717, 1.165) is 12.5 Å². The first kappa shape index (κ1) is 17.2. The van der Waals surface area contributed by atoms with Crippen molar-refractivity contribution in [1.82, 2.24) is 10.2 Å². The van der Waals surface area contributed by atoms with Gasteiger partial charge in [0.1, 0.15) is 0 Å². The second kappa shape index (κ2) is 8.46. The number of hydrogen-bond acceptors (Lipinski definition) is 2. The number of hydrogen-bond donors (Lipinski definition) is 1. The smallest absolute Gasteiger partial charge is 0.0370 e. The summed E-state index contributed by atoms with van der Waals surface area (Å²) in [5.41, 5.74) is 2.85. The molecular weight excluding hydrogens is 292 g/mol. The monoisotopic (exact) mass is 322 g/mol. The highest BCUT2D eigenvalue weighted by Crippen LogP contribution is 2.37. The summed E-state index contributed by atoms with van der Waals surface area (Å²) in [5.74, 6) is 0.761. The first-order valence-electron chi connectivity index (χ1n) is 9.22. The molecule has 24 heavy (non-hydrogen) atoms. The largest absolute Gasteiger partial charge is 0.310 e. The lowest BCUT2D eigenvalue weighted by molar-refractivity contribution is 0.157. The van der Waals surface area contributed by atoms with Crippen molar-refractivity contribution in [2.24, 2.45) is 5.92 Å². The van der Waals surface area contributed by atoms with Crippen molar-refractivity contribution in [3.05, 3.63) is 71.8 Å². The van der Waals surface area contributed by atoms with Gasteiger partial charge in [-0.2, -0.15) is 0 Å². The molecule has 1 fully saturated rings. The Bertz CT molecular complexity index is 586. The summed E-state index contributed by atoms with van der Waals surface area (Å²) >= 11 is 0. The molecule has 1 saturated carbocycles. The van der Waals surface area contributed by atoms with Crippen molar-refractivity contribution in [1.29, 1.82) is 0 Å². The lowest BCUT2D eigenvalue weighted by atomic mass is 9.78. The van der Waals surface area contributed by atoms with E-state index in [-0.39, 0.29) is 0 Å². The Hall–Kier alpha value is -1.64. The van der Waals surface area contributed by atoms with Crippen molar-refractivity contribution >= 4 is 0 Å². The van der Waals surface area contributed by atoms with Gasteiger partial charge in [-0.15, -0.1) is 0 Å². The molecule has 3 rings (SSSR count). The second-order valence-corrected chi connectivity index (χ2v) is 7.30. The Balaban J connectivity index is 1.53. The second-order valence-electron chi connectivity index (χ2n) is 7.30. The van der Waals surface area contributed by atoms with Gasteiger partial charge in [0.25, 0.3) is 0 Å². The summed E-state index contributed by atoms with van der Waals surface area (Å²) in [6.45, 7) is 0.992. The van der Waals surface area contributed by atoms with Crippen molar-refractivity contribution in [2.45, 2.75) is 44.3 Å². The fourth-order valence-corrected chi connectivity index (χ4v) is 4.14. The topological polar surface area (TPSA) is 15.3 Å². The third-order valence-corrected chi connectivity index (χ3v) is 5.35. The van der Waals surface area contributed by atoms with Crippen LogP contribution in [0.25, 0.3) is 0 Å². The zero-order valence-corrected chi connectivity index (χ0v) is 15.0. The molecule has 2 nitrogen and oxygen atoms in total. The van der Waals surface area contributed by atoms with Gasteiger partial charge in [0.15, 0.2) is 0 Å². The first-order chi connectivity index (χ1) is 11.7. The van der Waals surface area contributed by atoms with E-state index < -0.39 is 0 Å². The molecule has 0 amide bonds. The van der Waals surface area contributed by atoms with E-state index in [9.17, 15) is 0 Å². The average molecular weight is 322 g/mol. The van der Waals surface area contributed by atoms with Gasteiger partial charge in [-0.25, -0.2) is 0 Å². The van der Waals surface area contributed by atoms with Crippen LogP contribution in [0.1, 0.15) is 42.9 Å². The zero-order chi connectivity index (χ0) is 16.8. The molecule has 0 bridgehead atoms. The van der Waals surface area contributed by atoms with Crippen LogP contribution in [-0.4, -0.2) is 25.0 Å². The quantitative estimate of drug-likeness (QED) is 0.833. The van der Waals surface area contributed by atoms with Crippen LogP contribution in [0.5, 0.6) is 0 Å². The van der Waals surface area contributed by atoms with Crippen molar-refractivity contribution in [3.63, 3.8) is 0 Å². The molecule has 0 aliphatic heterocycles. The van der Waals surface area contributed by atoms with Gasteiger partial charge >= 0.3 is 0 Å². The maximum atomic E-state index is 3.75. The van der Waals surface area contributed by atoms with Gasteiger partial charge in [-0.3, -0.25) is 0 Å². The zero-order valence-electron chi connectivity index (χ0n) is 15.0. The van der Waals surface area contributed by atoms with Crippen LogP contribution >= 0.6 is 0 Å². The number of benzene rings is 2. The molecule has 0 aromatic heterocycles. The van der Waals surface area contributed by atoms with Gasteiger partial charge in [0.05, 0.1) is 0 Å². The van der Waals surface area contributed by atoms with Gasteiger partial charge in [-0.1, -0.05) is 60.7 Å². The van der Waals surface area contributed by atoms with Crippen molar-refractivity contribution in [2.75, 3.05) is 14.1 Å². The van der Waals surface area contributed by atoms with Gasteiger partial charge in [0.2, 0.25) is 0 Å². The maximum Gasteiger partial charge on any atom is 0.0370 e. The highest BCUT2D eigenvalue weighted by atomic mass is 15.1. The first-order valence-corrected chi connectivity index (χ1v) is 9.22. The molecule has 1 aliphatic rings. The minimum Gasteiger partial charge on any atom is -0.310 e. The van der Waals surface area contributed by atoms with E-state index in [0.29, 0.717) is 12.1 Å². The van der Waals surface area contributed by atoms with E-state index in [4.69, 9.17) is 0 Å². The molecule has 1 unspecified atom stereocenters. The van der Waals surface area contributed by atoms with Crippen LogP contribution in [-0.2, 0) is 6.54 Å². The Labute approximate surface area is 146 Å². The normalized spacial score (nSPS) is 22.5. The summed E-state index contributed by atoms with van der Waals surface area (Å²) in [6, 6.07) is 22.9. The predicted octanol–water partition coefficient (Wildman–Crippen LogP) is 4.64. The molecular formula is C22H30N2. The standard InChI is InChI=1S/C22H30N2/c1-24(2)22(19-11-7-4-8-12-19)20-13-15-21(16-14-20)23-17-18-9-5-3-6-10-18/h3-12,20-23H,13-17H2,1-2H3. The third-order valence-electron chi connectivity index (χ3n) is 5.35. The predicted molar refractivity (Wildman–Crippen MR) is 102 cm³/mol. The lowest BCUT2D eigenvalue weighted by Gasteiger charge is -2.38. The van der Waals surface area contributed by atoms with Gasteiger partial charge < -0.3 is 10.2 Å². The SMILES string of the molecule is CN(C)C(c1ccccc1)C1CCC(NCc2ccccc2)CC1. The van der Waals surface area contributed by atoms with Crippen LogP contribution in [0.3, 0.4) is 0 Å². The molecule has 128 valence electrons. The summed E-state index contributed by atoms with van der Waals surface area (Å²) in [4.78, 5) is 2.40. The van der Waals surface area contributed by atoms with Gasteiger partial charge in [0, 0.05) is 18.6 Å². The number of rotatable bonds is 6. The fourth-order valence-electron chi connectivity index (χ4n) is 4.14. The molecule has 0 spiro atoms. The molecule has 2 heteroatoms. The van der Waals surface area contributed by atoms with E-state index in [2.05, 4.69) is 85.0 Å². The van der Waals surface area contributed by atoms with Gasteiger partial charge in [-0.05, 0) is 56.8 Å². The van der Waals surface area contributed by atoms with E-state index in [1.54, 1.807) is 0 Å². The maximum absolute atomic E-state index is 3.75. The lowest BCUT2D eigenvalue weighted by Crippen LogP contribution is -2.36. The Morgan fingerprint density at radius 3 is 2.04 bits per heavy atom. The van der Waals surface area contributed by atoms with Crippen LogP contribution in [0.2, 0.25) is 0 Å². The Morgan fingerprint density at radius 2 is 1.46 bits per heavy atom. The minimum atomic E-state index is 0.543. The number of nitrogens with zero attached hydrogens (tertiary/aromatic N) is 1. The summed E-state index contributed by atoms with van der Waals surface area (Å²) in [6.07, 6.45) is 5.19. The molecule has 1 N–H and O–H groups in total. The third kappa shape index (κ3) is 4.46. The van der Waals surface area contributed by atoms with Crippen LogP contribution in [0.4, 0.5) is 0 Å². The van der Waals surface area contributed by atoms with Crippen LogP contribution in [0.15, 0.2) is 60.7 Å². The van der Waals surface area contributed by atoms with E-state index in [1.165, 1.54) is 36.8 Å². The van der Waals surface area contributed by atoms with Crippen LogP contribution in [0, 0.1) is 5.92 Å².